The van der Waals surface area contributed by atoms with Gasteiger partial charge in [0.2, 0.25) is 11.8 Å². The number of anilines is 1. The van der Waals surface area contributed by atoms with E-state index in [2.05, 4.69) is 5.32 Å². The van der Waals surface area contributed by atoms with Gasteiger partial charge in [0, 0.05) is 73.9 Å². The first kappa shape index (κ1) is 30.8. The number of alkyl halides is 6. The minimum atomic E-state index is -5.34. The molecular formula is C28H29F6N3O3S. The van der Waals surface area contributed by atoms with Gasteiger partial charge in [0.15, 0.2) is 0 Å². The number of carbonyl (C=O) groups is 2. The molecule has 2 aromatic rings. The lowest BCUT2D eigenvalue weighted by Gasteiger charge is -2.33. The standard InChI is InChI=1S/C28H29F6N3O3S/c1-18(38)36-11-13-37(14-12-36)24(39)8-6-19-5-7-23(26(28(32,33)34)25(19)27(29,30)31)41-22-4-2-3-21(17-22)35-20-9-15-40-16-10-20/h2-8,17,20,35H,9-16H2,1H3/b8-6+. The number of rotatable bonds is 6. The predicted octanol–water partition coefficient (Wildman–Crippen LogP) is 6.17. The second-order valence-corrected chi connectivity index (χ2v) is 10.8. The number of amides is 2. The van der Waals surface area contributed by atoms with Crippen LogP contribution in [0.15, 0.2) is 52.3 Å². The van der Waals surface area contributed by atoms with Crippen molar-refractivity contribution in [3.8, 4) is 0 Å². The van der Waals surface area contributed by atoms with Crippen LogP contribution >= 0.6 is 11.8 Å². The average molecular weight is 602 g/mol. The minimum absolute atomic E-state index is 0.123. The zero-order valence-corrected chi connectivity index (χ0v) is 23.0. The summed E-state index contributed by atoms with van der Waals surface area (Å²) >= 11 is 0.590. The number of nitrogens with one attached hydrogen (secondary N) is 1. The van der Waals surface area contributed by atoms with Gasteiger partial charge >= 0.3 is 12.4 Å². The van der Waals surface area contributed by atoms with Crippen LogP contribution in [0.4, 0.5) is 32.0 Å². The lowest BCUT2D eigenvalue weighted by atomic mass is 9.99. The Bertz CT molecular complexity index is 1280. The second kappa shape index (κ2) is 12.8. The normalized spacial score (nSPS) is 17.2. The van der Waals surface area contributed by atoms with Gasteiger partial charge in [-0.05, 0) is 48.7 Å². The van der Waals surface area contributed by atoms with Crippen molar-refractivity contribution in [1.29, 1.82) is 0 Å². The Morgan fingerprint density at radius 1 is 0.927 bits per heavy atom. The Morgan fingerprint density at radius 3 is 2.17 bits per heavy atom. The molecule has 0 aliphatic carbocycles. The van der Waals surface area contributed by atoms with Crippen molar-refractivity contribution < 1.29 is 40.7 Å². The fourth-order valence-electron chi connectivity index (χ4n) is 4.77. The van der Waals surface area contributed by atoms with Crippen molar-refractivity contribution in [2.45, 2.75) is 48.0 Å². The fourth-order valence-corrected chi connectivity index (χ4v) is 5.81. The Balaban J connectivity index is 1.61. The topological polar surface area (TPSA) is 61.9 Å². The highest BCUT2D eigenvalue weighted by Gasteiger charge is 2.46. The maximum atomic E-state index is 14.2. The third-order valence-corrected chi connectivity index (χ3v) is 7.91. The number of hydrogen-bond acceptors (Lipinski definition) is 5. The van der Waals surface area contributed by atoms with E-state index in [0.29, 0.717) is 35.6 Å². The summed E-state index contributed by atoms with van der Waals surface area (Å²) in [6.45, 7) is 3.42. The van der Waals surface area contributed by atoms with Crippen LogP contribution in [0.3, 0.4) is 0 Å². The van der Waals surface area contributed by atoms with Gasteiger partial charge in [-0.2, -0.15) is 26.3 Å². The Kier molecular flexibility index (Phi) is 9.58. The Morgan fingerprint density at radius 2 is 1.56 bits per heavy atom. The Hall–Kier alpha value is -3.19. The summed E-state index contributed by atoms with van der Waals surface area (Å²) in [5.41, 5.74) is -3.77. The monoisotopic (exact) mass is 601 g/mol. The Labute approximate surface area is 237 Å². The number of nitrogens with zero attached hydrogens (tertiary/aromatic N) is 2. The molecule has 0 atom stereocenters. The van der Waals surface area contributed by atoms with Gasteiger partial charge in [0.25, 0.3) is 0 Å². The van der Waals surface area contributed by atoms with Gasteiger partial charge in [0.05, 0.1) is 11.1 Å². The second-order valence-electron chi connectivity index (χ2n) is 9.72. The molecule has 0 radical (unpaired) electrons. The fraction of sp³-hybridized carbons (Fsp3) is 0.429. The third kappa shape index (κ3) is 7.97. The molecule has 2 heterocycles. The van der Waals surface area contributed by atoms with E-state index in [0.717, 1.165) is 37.1 Å². The number of halogens is 6. The van der Waals surface area contributed by atoms with Crippen LogP contribution in [0.25, 0.3) is 6.08 Å². The molecule has 0 bridgehead atoms. The van der Waals surface area contributed by atoms with Crippen LogP contribution in [0.5, 0.6) is 0 Å². The molecule has 2 fully saturated rings. The van der Waals surface area contributed by atoms with Gasteiger partial charge in [-0.25, -0.2) is 0 Å². The van der Waals surface area contributed by atoms with Crippen LogP contribution in [0.1, 0.15) is 36.5 Å². The number of hydrogen-bond donors (Lipinski definition) is 1. The largest absolute Gasteiger partial charge is 0.418 e. The van der Waals surface area contributed by atoms with Crippen LogP contribution in [0.2, 0.25) is 0 Å². The number of carbonyl (C=O) groups excluding carboxylic acids is 2. The molecule has 0 spiro atoms. The lowest BCUT2D eigenvalue weighted by molar-refractivity contribution is -0.163. The van der Waals surface area contributed by atoms with E-state index in [9.17, 15) is 35.9 Å². The molecule has 222 valence electrons. The summed E-state index contributed by atoms with van der Waals surface area (Å²) in [5.74, 6) is -0.815. The molecule has 6 nitrogen and oxygen atoms in total. The van der Waals surface area contributed by atoms with E-state index in [-0.39, 0.29) is 38.1 Å². The van der Waals surface area contributed by atoms with E-state index >= 15 is 0 Å². The number of piperazine rings is 1. The first-order chi connectivity index (χ1) is 19.3. The van der Waals surface area contributed by atoms with E-state index in [1.807, 2.05) is 0 Å². The predicted molar refractivity (Wildman–Crippen MR) is 142 cm³/mol. The van der Waals surface area contributed by atoms with Gasteiger partial charge < -0.3 is 19.9 Å². The molecule has 2 aliphatic rings. The summed E-state index contributed by atoms with van der Waals surface area (Å²) < 4.78 is 90.6. The van der Waals surface area contributed by atoms with Crippen LogP contribution in [-0.2, 0) is 26.7 Å². The summed E-state index contributed by atoms with van der Waals surface area (Å²) in [6, 6.07) is 8.58. The number of benzene rings is 2. The highest BCUT2D eigenvalue weighted by atomic mass is 32.2. The highest BCUT2D eigenvalue weighted by molar-refractivity contribution is 7.99. The van der Waals surface area contributed by atoms with Crippen molar-refractivity contribution in [3.63, 3.8) is 0 Å². The molecule has 0 aromatic heterocycles. The molecule has 4 rings (SSSR count). The molecule has 0 unspecified atom stereocenters. The van der Waals surface area contributed by atoms with Crippen molar-refractivity contribution in [1.82, 2.24) is 9.80 Å². The molecule has 0 saturated carbocycles. The molecule has 2 aliphatic heterocycles. The van der Waals surface area contributed by atoms with Crippen LogP contribution < -0.4 is 5.32 Å². The van der Waals surface area contributed by atoms with E-state index in [1.54, 1.807) is 18.2 Å². The summed E-state index contributed by atoms with van der Waals surface area (Å²) in [6.07, 6.45) is -7.53. The molecule has 2 aromatic carbocycles. The SMILES string of the molecule is CC(=O)N1CCN(C(=O)/C=C/c2ccc(Sc3cccc(NC4CCOCC4)c3)c(C(F)(F)F)c2C(F)(F)F)CC1. The number of ether oxygens (including phenoxy) is 1. The summed E-state index contributed by atoms with van der Waals surface area (Å²) in [4.78, 5) is 26.7. The van der Waals surface area contributed by atoms with Gasteiger partial charge in [0.1, 0.15) is 0 Å². The summed E-state index contributed by atoms with van der Waals surface area (Å²) in [7, 11) is 0. The molecular weight excluding hydrogens is 572 g/mol. The van der Waals surface area contributed by atoms with Crippen molar-refractivity contribution in [2.75, 3.05) is 44.7 Å². The molecule has 2 saturated heterocycles. The van der Waals surface area contributed by atoms with Crippen LogP contribution in [0, 0.1) is 0 Å². The van der Waals surface area contributed by atoms with Gasteiger partial charge in [-0.1, -0.05) is 23.9 Å². The van der Waals surface area contributed by atoms with Gasteiger partial charge in [-0.15, -0.1) is 0 Å². The lowest BCUT2D eigenvalue weighted by Crippen LogP contribution is -2.49. The van der Waals surface area contributed by atoms with Gasteiger partial charge in [-0.3, -0.25) is 9.59 Å². The van der Waals surface area contributed by atoms with E-state index in [1.165, 1.54) is 22.8 Å². The van der Waals surface area contributed by atoms with Crippen molar-refractivity contribution in [2.24, 2.45) is 0 Å². The molecule has 1 N–H and O–H groups in total. The summed E-state index contributed by atoms with van der Waals surface area (Å²) in [5, 5.41) is 3.30. The third-order valence-electron chi connectivity index (χ3n) is 6.86. The average Bonchev–Trinajstić information content (AvgIpc) is 2.91. The molecule has 2 amide bonds. The quantitative estimate of drug-likeness (QED) is 0.317. The molecule has 13 heteroatoms. The maximum Gasteiger partial charge on any atom is 0.418 e. The van der Waals surface area contributed by atoms with E-state index in [4.69, 9.17) is 4.74 Å². The highest BCUT2D eigenvalue weighted by Crippen LogP contribution is 2.48. The van der Waals surface area contributed by atoms with Crippen molar-refractivity contribution in [3.05, 3.63) is 59.2 Å². The van der Waals surface area contributed by atoms with E-state index < -0.39 is 39.8 Å². The first-order valence-corrected chi connectivity index (χ1v) is 13.8. The smallest absolute Gasteiger partial charge is 0.382 e. The minimum Gasteiger partial charge on any atom is -0.382 e. The first-order valence-electron chi connectivity index (χ1n) is 13.0. The zero-order chi connectivity index (χ0) is 29.8. The van der Waals surface area contributed by atoms with Crippen molar-refractivity contribution >= 4 is 35.3 Å². The maximum absolute atomic E-state index is 14.2. The molecule has 41 heavy (non-hydrogen) atoms. The van der Waals surface area contributed by atoms with Crippen LogP contribution in [-0.4, -0.2) is 67.0 Å². The zero-order valence-electron chi connectivity index (χ0n) is 22.1.